The predicted molar refractivity (Wildman–Crippen MR) is 92.5 cm³/mol. The maximum atomic E-state index is 12.3. The van der Waals surface area contributed by atoms with Gasteiger partial charge in [0, 0.05) is 36.0 Å². The van der Waals surface area contributed by atoms with E-state index in [1.807, 2.05) is 24.3 Å². The molecular formula is C17H19N3O3S. The van der Waals surface area contributed by atoms with Crippen LogP contribution in [0.2, 0.25) is 0 Å². The Bertz CT molecular complexity index is 819. The van der Waals surface area contributed by atoms with Crippen molar-refractivity contribution in [2.45, 2.75) is 31.1 Å². The molecule has 6 nitrogen and oxygen atoms in total. The number of nitrogens with one attached hydrogen (secondary N) is 1. The van der Waals surface area contributed by atoms with Crippen LogP contribution in [0.25, 0.3) is 0 Å². The summed E-state index contributed by atoms with van der Waals surface area (Å²) in [7, 11) is 1.61. The van der Waals surface area contributed by atoms with Crippen LogP contribution in [0.1, 0.15) is 23.7 Å². The minimum Gasteiger partial charge on any atom is -0.496 e. The first kappa shape index (κ1) is 16.6. The molecule has 1 amide bonds. The number of benzene rings is 1. The molecule has 1 aliphatic heterocycles. The first-order valence-electron chi connectivity index (χ1n) is 7.70. The van der Waals surface area contributed by atoms with Crippen LogP contribution in [-0.4, -0.2) is 28.3 Å². The van der Waals surface area contributed by atoms with Crippen molar-refractivity contribution in [2.75, 3.05) is 12.9 Å². The number of nitrogens with zero attached hydrogens (tertiary/aromatic N) is 2. The van der Waals surface area contributed by atoms with Crippen molar-refractivity contribution in [3.05, 3.63) is 51.9 Å². The van der Waals surface area contributed by atoms with E-state index in [4.69, 9.17) is 4.74 Å². The molecule has 0 fully saturated rings. The first-order valence-corrected chi connectivity index (χ1v) is 8.68. The Kier molecular flexibility index (Phi) is 4.89. The van der Waals surface area contributed by atoms with Crippen LogP contribution in [0, 0.1) is 6.92 Å². The Morgan fingerprint density at radius 1 is 1.46 bits per heavy atom. The van der Waals surface area contributed by atoms with Crippen molar-refractivity contribution < 1.29 is 9.53 Å². The fourth-order valence-corrected chi connectivity index (χ4v) is 3.94. The van der Waals surface area contributed by atoms with Crippen molar-refractivity contribution in [1.29, 1.82) is 0 Å². The first-order chi connectivity index (χ1) is 11.6. The minimum absolute atomic E-state index is 0.0909. The number of rotatable bonds is 5. The largest absolute Gasteiger partial charge is 0.496 e. The number of carbonyl (C=O) groups excluding carboxylic acids is 1. The van der Waals surface area contributed by atoms with Crippen LogP contribution in [-0.2, 0) is 11.3 Å². The summed E-state index contributed by atoms with van der Waals surface area (Å²) < 4.78 is 6.90. The zero-order valence-corrected chi connectivity index (χ0v) is 14.4. The van der Waals surface area contributed by atoms with Gasteiger partial charge in [-0.25, -0.2) is 4.98 Å². The van der Waals surface area contributed by atoms with Crippen molar-refractivity contribution in [3.63, 3.8) is 0 Å². The van der Waals surface area contributed by atoms with E-state index in [9.17, 15) is 9.59 Å². The molecule has 1 N–H and O–H groups in total. The van der Waals surface area contributed by atoms with E-state index in [1.165, 1.54) is 17.8 Å². The molecule has 0 radical (unpaired) electrons. The lowest BCUT2D eigenvalue weighted by molar-refractivity contribution is -0.121. The number of para-hydroxylation sites is 1. The fourth-order valence-electron chi connectivity index (χ4n) is 2.74. The molecule has 2 heterocycles. The summed E-state index contributed by atoms with van der Waals surface area (Å²) in [5.41, 5.74) is 1.54. The van der Waals surface area contributed by atoms with Crippen LogP contribution in [0.3, 0.4) is 0 Å². The monoisotopic (exact) mass is 345 g/mol. The minimum atomic E-state index is -0.150. The SMILES string of the molecule is COc1ccccc1CNC(=O)CC1CSc2nc(C)cc(=O)n21. The van der Waals surface area contributed by atoms with Crippen molar-refractivity contribution in [1.82, 2.24) is 14.9 Å². The van der Waals surface area contributed by atoms with E-state index in [0.29, 0.717) is 23.1 Å². The standard InChI is InChI=1S/C17H19N3O3S/c1-11-7-16(22)20-13(10-24-17(20)19-11)8-15(21)18-9-12-5-3-4-6-14(12)23-2/h3-7,13H,8-10H2,1-2H3,(H,18,21). The summed E-state index contributed by atoms with van der Waals surface area (Å²) in [6, 6.07) is 8.92. The van der Waals surface area contributed by atoms with Gasteiger partial charge in [0.15, 0.2) is 5.16 Å². The van der Waals surface area contributed by atoms with Crippen LogP contribution in [0.5, 0.6) is 5.75 Å². The third-order valence-corrected chi connectivity index (χ3v) is 5.01. The van der Waals surface area contributed by atoms with E-state index >= 15 is 0 Å². The number of hydrogen-bond donors (Lipinski definition) is 1. The Morgan fingerprint density at radius 3 is 3.04 bits per heavy atom. The number of ether oxygens (including phenoxy) is 1. The highest BCUT2D eigenvalue weighted by molar-refractivity contribution is 7.99. The van der Waals surface area contributed by atoms with Crippen molar-refractivity contribution >= 4 is 17.7 Å². The highest BCUT2D eigenvalue weighted by Gasteiger charge is 2.27. The second-order valence-electron chi connectivity index (χ2n) is 5.65. The lowest BCUT2D eigenvalue weighted by atomic mass is 10.2. The molecule has 2 aromatic rings. The Balaban J connectivity index is 1.64. The summed E-state index contributed by atoms with van der Waals surface area (Å²) in [6.45, 7) is 2.20. The van der Waals surface area contributed by atoms with E-state index in [-0.39, 0.29) is 23.9 Å². The van der Waals surface area contributed by atoms with Gasteiger partial charge in [-0.1, -0.05) is 30.0 Å². The van der Waals surface area contributed by atoms with Gasteiger partial charge in [0.05, 0.1) is 13.2 Å². The van der Waals surface area contributed by atoms with Crippen LogP contribution < -0.4 is 15.6 Å². The molecule has 126 valence electrons. The number of amides is 1. The normalized spacial score (nSPS) is 15.8. The molecule has 0 saturated carbocycles. The number of methoxy groups -OCH3 is 1. The molecular weight excluding hydrogens is 326 g/mol. The second kappa shape index (κ2) is 7.09. The fraction of sp³-hybridized carbons (Fsp3) is 0.353. The smallest absolute Gasteiger partial charge is 0.254 e. The summed E-state index contributed by atoms with van der Waals surface area (Å²) in [5, 5.41) is 3.60. The number of aryl methyl sites for hydroxylation is 1. The molecule has 7 heteroatoms. The van der Waals surface area contributed by atoms with E-state index in [0.717, 1.165) is 11.3 Å². The topological polar surface area (TPSA) is 73.2 Å². The lowest BCUT2D eigenvalue weighted by Gasteiger charge is -2.14. The number of fused-ring (bicyclic) bond motifs is 1. The van der Waals surface area contributed by atoms with Gasteiger partial charge in [-0.15, -0.1) is 0 Å². The van der Waals surface area contributed by atoms with Gasteiger partial charge in [0.2, 0.25) is 5.91 Å². The van der Waals surface area contributed by atoms with Gasteiger partial charge in [0.1, 0.15) is 5.75 Å². The summed E-state index contributed by atoms with van der Waals surface area (Å²) >= 11 is 1.52. The molecule has 1 aliphatic rings. The molecule has 0 saturated heterocycles. The number of carbonyl (C=O) groups is 1. The Hall–Kier alpha value is -2.28. The number of aromatic nitrogens is 2. The molecule has 3 rings (SSSR count). The quantitative estimate of drug-likeness (QED) is 0.838. The number of hydrogen-bond acceptors (Lipinski definition) is 5. The molecule has 1 aromatic heterocycles. The van der Waals surface area contributed by atoms with Crippen LogP contribution in [0.15, 0.2) is 40.3 Å². The van der Waals surface area contributed by atoms with Crippen molar-refractivity contribution in [2.24, 2.45) is 0 Å². The lowest BCUT2D eigenvalue weighted by Crippen LogP contribution is -2.30. The van der Waals surface area contributed by atoms with Gasteiger partial charge >= 0.3 is 0 Å². The van der Waals surface area contributed by atoms with Gasteiger partial charge in [-0.05, 0) is 13.0 Å². The molecule has 0 spiro atoms. The molecule has 0 aliphatic carbocycles. The zero-order valence-electron chi connectivity index (χ0n) is 13.6. The highest BCUT2D eigenvalue weighted by Crippen LogP contribution is 2.31. The average molecular weight is 345 g/mol. The van der Waals surface area contributed by atoms with Crippen molar-refractivity contribution in [3.8, 4) is 5.75 Å². The summed E-state index contributed by atoms with van der Waals surface area (Å²) in [4.78, 5) is 28.8. The molecule has 1 aromatic carbocycles. The predicted octanol–water partition coefficient (Wildman–Crippen LogP) is 1.91. The maximum absolute atomic E-state index is 12.3. The van der Waals surface area contributed by atoms with Gasteiger partial charge in [-0.2, -0.15) is 0 Å². The third kappa shape index (κ3) is 3.46. The number of thioether (sulfide) groups is 1. The maximum Gasteiger partial charge on any atom is 0.254 e. The highest BCUT2D eigenvalue weighted by atomic mass is 32.2. The molecule has 1 unspecified atom stereocenters. The van der Waals surface area contributed by atoms with Gasteiger partial charge < -0.3 is 10.1 Å². The molecule has 24 heavy (non-hydrogen) atoms. The Labute approximate surface area is 144 Å². The molecule has 0 bridgehead atoms. The average Bonchev–Trinajstić information content (AvgIpc) is 2.96. The van der Waals surface area contributed by atoms with Crippen LogP contribution >= 0.6 is 11.8 Å². The van der Waals surface area contributed by atoms with Crippen LogP contribution in [0.4, 0.5) is 0 Å². The van der Waals surface area contributed by atoms with E-state index < -0.39 is 0 Å². The van der Waals surface area contributed by atoms with E-state index in [1.54, 1.807) is 18.6 Å². The van der Waals surface area contributed by atoms with E-state index in [2.05, 4.69) is 10.3 Å². The summed E-state index contributed by atoms with van der Waals surface area (Å²) in [5.74, 6) is 1.34. The Morgan fingerprint density at radius 2 is 2.25 bits per heavy atom. The molecule has 1 atom stereocenters. The third-order valence-electron chi connectivity index (χ3n) is 3.91. The zero-order chi connectivity index (χ0) is 17.1. The summed E-state index contributed by atoms with van der Waals surface area (Å²) in [6.07, 6.45) is 0.264. The van der Waals surface area contributed by atoms with Gasteiger partial charge in [0.25, 0.3) is 5.56 Å². The van der Waals surface area contributed by atoms with Gasteiger partial charge in [-0.3, -0.25) is 14.2 Å². The second-order valence-corrected chi connectivity index (χ2v) is 6.63.